The summed E-state index contributed by atoms with van der Waals surface area (Å²) < 4.78 is 16.9. The van der Waals surface area contributed by atoms with E-state index in [9.17, 15) is 24.0 Å². The third-order valence-corrected chi connectivity index (χ3v) is 10.0. The number of amides is 4. The average molecular weight is 713 g/mol. The zero-order chi connectivity index (χ0) is 38.5. The van der Waals surface area contributed by atoms with E-state index in [1.807, 2.05) is 60.5 Å². The number of likely N-dealkylation sites (tertiary alicyclic amines) is 1. The molecular weight excluding hydrogens is 644 g/mol. The molecule has 0 bridgehead atoms. The molecule has 1 saturated heterocycles. The number of ether oxygens (including phenoxy) is 3. The second-order valence-electron chi connectivity index (χ2n) is 14.7. The monoisotopic (exact) mass is 713 g/mol. The molecule has 0 aromatic heterocycles. The van der Waals surface area contributed by atoms with Gasteiger partial charge in [0, 0.05) is 34.4 Å². The van der Waals surface area contributed by atoms with Gasteiger partial charge in [-0.15, -0.1) is 0 Å². The number of nitrogens with two attached hydrogens (primary N) is 1. The highest BCUT2D eigenvalue weighted by atomic mass is 16.5. The van der Waals surface area contributed by atoms with Crippen LogP contribution in [-0.2, 0) is 38.2 Å². The van der Waals surface area contributed by atoms with Crippen LogP contribution < -0.4 is 16.4 Å². The van der Waals surface area contributed by atoms with Crippen molar-refractivity contribution in [1.29, 1.82) is 0 Å². The Balaban J connectivity index is 3.20. The summed E-state index contributed by atoms with van der Waals surface area (Å²) in [5, 5.41) is 5.63. The first-order valence-electron chi connectivity index (χ1n) is 18.1. The van der Waals surface area contributed by atoms with Gasteiger partial charge >= 0.3 is 5.97 Å². The van der Waals surface area contributed by atoms with Gasteiger partial charge in [0.1, 0.15) is 18.7 Å². The smallest absolute Gasteiger partial charge is 0.325 e. The lowest BCUT2D eigenvalue weighted by molar-refractivity contribution is -0.149. The number of likely N-dealkylation sites (N-methyl/N-ethyl adjacent to an activating group) is 2. The maximum atomic E-state index is 14.1. The van der Waals surface area contributed by atoms with Crippen molar-refractivity contribution < 1.29 is 38.2 Å². The lowest BCUT2D eigenvalue weighted by Crippen LogP contribution is -2.59. The predicted octanol–water partition coefficient (Wildman–Crippen LogP) is 1.64. The van der Waals surface area contributed by atoms with E-state index >= 15 is 0 Å². The summed E-state index contributed by atoms with van der Waals surface area (Å²) >= 11 is 0. The number of methoxy groups -OCH3 is 2. The first-order valence-corrected chi connectivity index (χ1v) is 18.1. The van der Waals surface area contributed by atoms with E-state index in [-0.39, 0.29) is 61.0 Å². The summed E-state index contributed by atoms with van der Waals surface area (Å²) in [5.41, 5.74) is 5.50. The summed E-state index contributed by atoms with van der Waals surface area (Å²) in [6, 6.07) is -2.00. The van der Waals surface area contributed by atoms with Crippen molar-refractivity contribution >= 4 is 29.6 Å². The van der Waals surface area contributed by atoms with Crippen LogP contribution in [-0.4, -0.2) is 142 Å². The zero-order valence-electron chi connectivity index (χ0n) is 33.0. The van der Waals surface area contributed by atoms with Crippen LogP contribution in [0.4, 0.5) is 0 Å². The minimum Gasteiger partial charge on any atom is -0.460 e. The van der Waals surface area contributed by atoms with Gasteiger partial charge in [-0.3, -0.25) is 28.9 Å². The normalized spacial score (nSPS) is 19.7. The molecule has 1 aliphatic heterocycles. The molecule has 50 heavy (non-hydrogen) atoms. The van der Waals surface area contributed by atoms with E-state index in [1.54, 1.807) is 37.8 Å². The summed E-state index contributed by atoms with van der Waals surface area (Å²) in [6.45, 7) is 15.6. The third-order valence-electron chi connectivity index (χ3n) is 10.0. The van der Waals surface area contributed by atoms with Crippen molar-refractivity contribution in [3.63, 3.8) is 0 Å². The van der Waals surface area contributed by atoms with Gasteiger partial charge in [-0.25, -0.2) is 0 Å². The van der Waals surface area contributed by atoms with Crippen molar-refractivity contribution in [2.75, 3.05) is 55.0 Å². The van der Waals surface area contributed by atoms with Crippen molar-refractivity contribution in [2.24, 2.45) is 29.4 Å². The second-order valence-corrected chi connectivity index (χ2v) is 14.7. The van der Waals surface area contributed by atoms with Crippen molar-refractivity contribution in [1.82, 2.24) is 25.3 Å². The van der Waals surface area contributed by atoms with E-state index in [4.69, 9.17) is 19.9 Å². The largest absolute Gasteiger partial charge is 0.460 e. The molecule has 0 radical (unpaired) electrons. The van der Waals surface area contributed by atoms with Gasteiger partial charge in [0.15, 0.2) is 0 Å². The fourth-order valence-electron chi connectivity index (χ4n) is 7.05. The molecule has 4 N–H and O–H groups in total. The SMILES string of the molecule is CC[C@H](C)[C@@H]([C@@H](CC(=O)N1CCC[C@H]1[C@H](OC)[C@@H](C)C(=O)NCC(=O)OC(C)CN)OC)N(C)C(=O)[C@@H](NC(=O)[C@H](C(C)C)N(C)C)C(C)C. The van der Waals surface area contributed by atoms with Crippen molar-refractivity contribution in [3.05, 3.63) is 0 Å². The highest BCUT2D eigenvalue weighted by Gasteiger charge is 2.43. The highest BCUT2D eigenvalue weighted by molar-refractivity contribution is 5.90. The number of hydrogen-bond donors (Lipinski definition) is 3. The van der Waals surface area contributed by atoms with Gasteiger partial charge < -0.3 is 40.4 Å². The van der Waals surface area contributed by atoms with Crippen LogP contribution in [0.25, 0.3) is 0 Å². The molecule has 14 nitrogen and oxygen atoms in total. The van der Waals surface area contributed by atoms with Crippen LogP contribution in [0.5, 0.6) is 0 Å². The summed E-state index contributed by atoms with van der Waals surface area (Å²) in [7, 11) is 8.47. The second kappa shape index (κ2) is 21.5. The molecule has 9 atom stereocenters. The molecule has 1 rings (SSSR count). The Kier molecular flexibility index (Phi) is 19.5. The topological polar surface area (TPSA) is 173 Å². The van der Waals surface area contributed by atoms with Crippen LogP contribution in [0, 0.1) is 23.7 Å². The number of hydrogen-bond acceptors (Lipinski definition) is 10. The molecule has 4 amide bonds. The zero-order valence-corrected chi connectivity index (χ0v) is 33.0. The average Bonchev–Trinajstić information content (AvgIpc) is 3.54. The molecule has 0 aromatic carbocycles. The standard InChI is InChI=1S/C36H68N6O8/c1-14-23(6)32(41(11)36(47)30(21(2)3)39-35(46)31(22(4)5)40(9)10)27(48-12)18-28(43)42-17-15-16-26(42)33(49-13)25(8)34(45)38-20-29(44)50-24(7)19-37/h21-27,30-33H,14-20,37H2,1-13H3,(H,38,45)(H,39,46)/t23-,24?,25+,26-,27+,30-,31-,32-,33+/m0/s1. The molecule has 0 spiro atoms. The molecule has 290 valence electrons. The Morgan fingerprint density at radius 2 is 1.54 bits per heavy atom. The van der Waals surface area contributed by atoms with Crippen LogP contribution in [0.2, 0.25) is 0 Å². The lowest BCUT2D eigenvalue weighted by atomic mass is 9.89. The number of nitrogens with zero attached hydrogens (tertiary/aromatic N) is 3. The van der Waals surface area contributed by atoms with Gasteiger partial charge in [0.05, 0.1) is 42.7 Å². The molecule has 1 fully saturated rings. The van der Waals surface area contributed by atoms with Gasteiger partial charge in [-0.2, -0.15) is 0 Å². The Morgan fingerprint density at radius 1 is 0.920 bits per heavy atom. The lowest BCUT2D eigenvalue weighted by Gasteiger charge is -2.41. The van der Waals surface area contributed by atoms with E-state index in [0.29, 0.717) is 13.0 Å². The van der Waals surface area contributed by atoms with E-state index < -0.39 is 54.2 Å². The summed E-state index contributed by atoms with van der Waals surface area (Å²) in [6.07, 6.45) is 0.402. The first kappa shape index (κ1) is 45.2. The van der Waals surface area contributed by atoms with Crippen LogP contribution in [0.15, 0.2) is 0 Å². The fourth-order valence-corrected chi connectivity index (χ4v) is 7.05. The quantitative estimate of drug-likeness (QED) is 0.149. The predicted molar refractivity (Wildman–Crippen MR) is 193 cm³/mol. The molecule has 1 aliphatic rings. The molecule has 1 heterocycles. The van der Waals surface area contributed by atoms with Crippen molar-refractivity contribution in [3.8, 4) is 0 Å². The number of nitrogens with one attached hydrogen (secondary N) is 2. The maximum absolute atomic E-state index is 14.1. The molecule has 14 heteroatoms. The molecular formula is C36H68N6O8. The first-order chi connectivity index (χ1) is 23.4. The van der Waals surface area contributed by atoms with Gasteiger partial charge in [0.25, 0.3) is 0 Å². The third kappa shape index (κ3) is 12.4. The fraction of sp³-hybridized carbons (Fsp3) is 0.861. The minimum atomic E-state index is -0.766. The summed E-state index contributed by atoms with van der Waals surface area (Å²) in [5.74, 6) is -2.43. The van der Waals surface area contributed by atoms with Gasteiger partial charge in [-0.1, -0.05) is 54.9 Å². The Morgan fingerprint density at radius 3 is 2.02 bits per heavy atom. The molecule has 0 aliphatic carbocycles. The Bertz CT molecular complexity index is 1100. The van der Waals surface area contributed by atoms with E-state index in [0.717, 1.165) is 12.8 Å². The Labute approximate surface area is 300 Å². The maximum Gasteiger partial charge on any atom is 0.325 e. The van der Waals surface area contributed by atoms with Crippen molar-refractivity contribution in [2.45, 2.75) is 124 Å². The highest BCUT2D eigenvalue weighted by Crippen LogP contribution is 2.29. The number of esters is 1. The Hall–Kier alpha value is -2.81. The molecule has 0 saturated carbocycles. The van der Waals surface area contributed by atoms with Crippen LogP contribution >= 0.6 is 0 Å². The van der Waals surface area contributed by atoms with E-state index in [1.165, 1.54) is 7.11 Å². The van der Waals surface area contributed by atoms with Gasteiger partial charge in [0.2, 0.25) is 23.6 Å². The van der Waals surface area contributed by atoms with Crippen LogP contribution in [0.1, 0.15) is 81.1 Å². The van der Waals surface area contributed by atoms with Gasteiger partial charge in [-0.05, 0) is 51.6 Å². The van der Waals surface area contributed by atoms with E-state index in [2.05, 4.69) is 10.6 Å². The summed E-state index contributed by atoms with van der Waals surface area (Å²) in [4.78, 5) is 71.9. The number of rotatable bonds is 21. The minimum absolute atomic E-state index is 0.0105. The molecule has 1 unspecified atom stereocenters. The number of carbonyl (C=O) groups excluding carboxylic acids is 5. The number of carbonyl (C=O) groups is 5. The van der Waals surface area contributed by atoms with Crippen LogP contribution in [0.3, 0.4) is 0 Å². The molecule has 0 aromatic rings.